The number of piperidine rings is 1. The number of aromatic nitrogens is 2. The van der Waals surface area contributed by atoms with Gasteiger partial charge in [0.05, 0.1) is 5.69 Å². The minimum absolute atomic E-state index is 0.140. The van der Waals surface area contributed by atoms with E-state index in [1.165, 1.54) is 4.68 Å². The minimum atomic E-state index is -0.306. The summed E-state index contributed by atoms with van der Waals surface area (Å²) in [5.74, 6) is 0.0501. The molecular weight excluding hydrogens is 466 g/mol. The lowest BCUT2D eigenvalue weighted by Gasteiger charge is -2.29. The predicted molar refractivity (Wildman–Crippen MR) is 132 cm³/mol. The van der Waals surface area contributed by atoms with Crippen LogP contribution in [0.25, 0.3) is 5.69 Å². The topological polar surface area (TPSA) is 87.5 Å². The van der Waals surface area contributed by atoms with E-state index in [1.807, 2.05) is 36.1 Å². The fourth-order valence-electron chi connectivity index (χ4n) is 5.25. The smallest absolute Gasteiger partial charge is 0.277 e. The molecule has 1 aliphatic carbocycles. The summed E-state index contributed by atoms with van der Waals surface area (Å²) in [4.78, 5) is 42.7. The van der Waals surface area contributed by atoms with Gasteiger partial charge < -0.3 is 15.1 Å². The number of halogens is 1. The van der Waals surface area contributed by atoms with Crippen LogP contribution in [-0.4, -0.2) is 46.6 Å². The molecule has 3 amide bonds. The molecule has 2 fully saturated rings. The van der Waals surface area contributed by atoms with Crippen LogP contribution in [0.1, 0.15) is 46.3 Å². The van der Waals surface area contributed by atoms with E-state index in [0.29, 0.717) is 59.5 Å². The maximum atomic E-state index is 13.9. The average molecular weight is 490 g/mol. The molecule has 3 aromatic rings. The molecule has 2 aromatic carbocycles. The second-order valence-electron chi connectivity index (χ2n) is 9.18. The van der Waals surface area contributed by atoms with Crippen molar-refractivity contribution in [2.24, 2.45) is 5.92 Å². The first kappa shape index (κ1) is 21.9. The van der Waals surface area contributed by atoms with Gasteiger partial charge in [-0.15, -0.1) is 0 Å². The van der Waals surface area contributed by atoms with Gasteiger partial charge in [0.15, 0.2) is 5.69 Å². The standard InChI is InChI=1S/C26H24ClN5O3/c1-2-28-25(34)23-20-9-10-30(26(35)24(20)32(29-23)19-8-3-5-16(27)13-19)17-6-4-7-18(14-17)31-21-11-15(21)12-22(31)33/h3-8,13-15,21H,2,9-12H2,1H3,(H,28,34)/t15-,21-/m0/s1. The van der Waals surface area contributed by atoms with Crippen molar-refractivity contribution in [2.75, 3.05) is 22.9 Å². The largest absolute Gasteiger partial charge is 0.351 e. The Morgan fingerprint density at radius 2 is 1.89 bits per heavy atom. The van der Waals surface area contributed by atoms with E-state index in [4.69, 9.17) is 11.6 Å². The summed E-state index contributed by atoms with van der Waals surface area (Å²) in [6.07, 6.45) is 2.12. The van der Waals surface area contributed by atoms with Gasteiger partial charge in [-0.25, -0.2) is 4.68 Å². The summed E-state index contributed by atoms with van der Waals surface area (Å²) in [7, 11) is 0. The van der Waals surface area contributed by atoms with Gasteiger partial charge in [0.2, 0.25) is 5.91 Å². The Bertz CT molecular complexity index is 1380. The van der Waals surface area contributed by atoms with Crippen molar-refractivity contribution in [3.8, 4) is 5.69 Å². The van der Waals surface area contributed by atoms with E-state index in [-0.39, 0.29) is 29.5 Å². The Labute approximate surface area is 207 Å². The van der Waals surface area contributed by atoms with Gasteiger partial charge in [-0.05, 0) is 62.1 Å². The zero-order valence-electron chi connectivity index (χ0n) is 19.2. The molecule has 0 bridgehead atoms. The Hall–Kier alpha value is -3.65. The Kier molecular flexibility index (Phi) is 5.14. The van der Waals surface area contributed by atoms with Crippen LogP contribution in [0.3, 0.4) is 0 Å². The molecule has 6 rings (SSSR count). The number of benzene rings is 2. The van der Waals surface area contributed by atoms with Crippen LogP contribution in [0, 0.1) is 5.92 Å². The highest BCUT2D eigenvalue weighted by molar-refractivity contribution is 6.30. The Morgan fingerprint density at radius 3 is 2.63 bits per heavy atom. The van der Waals surface area contributed by atoms with Crippen molar-refractivity contribution in [1.82, 2.24) is 15.1 Å². The first-order valence-electron chi connectivity index (χ1n) is 11.9. The van der Waals surface area contributed by atoms with Crippen LogP contribution < -0.4 is 15.1 Å². The SMILES string of the molecule is CCNC(=O)c1nn(-c2cccc(Cl)c2)c2c1CCN(c1cccc(N3C(=O)C[C@@H]4C[C@@H]43)c1)C2=O. The van der Waals surface area contributed by atoms with Gasteiger partial charge in [0.25, 0.3) is 11.8 Å². The monoisotopic (exact) mass is 489 g/mol. The van der Waals surface area contributed by atoms with Crippen LogP contribution in [-0.2, 0) is 11.2 Å². The van der Waals surface area contributed by atoms with Gasteiger partial charge in [-0.3, -0.25) is 14.4 Å². The van der Waals surface area contributed by atoms with Gasteiger partial charge in [-0.1, -0.05) is 23.7 Å². The van der Waals surface area contributed by atoms with Crippen LogP contribution in [0.2, 0.25) is 5.02 Å². The first-order valence-corrected chi connectivity index (χ1v) is 12.2. The maximum Gasteiger partial charge on any atom is 0.277 e. The number of fused-ring (bicyclic) bond motifs is 2. The number of rotatable bonds is 5. The molecule has 0 spiro atoms. The summed E-state index contributed by atoms with van der Waals surface area (Å²) in [5.41, 5.74) is 3.38. The number of nitrogens with zero attached hydrogens (tertiary/aromatic N) is 4. The van der Waals surface area contributed by atoms with Crippen molar-refractivity contribution >= 4 is 40.7 Å². The second-order valence-corrected chi connectivity index (χ2v) is 9.62. The number of nitrogens with one attached hydrogen (secondary N) is 1. The van der Waals surface area contributed by atoms with Crippen molar-refractivity contribution in [3.63, 3.8) is 0 Å². The lowest BCUT2D eigenvalue weighted by molar-refractivity contribution is -0.117. The zero-order valence-corrected chi connectivity index (χ0v) is 20.0. The van der Waals surface area contributed by atoms with Gasteiger partial charge in [0.1, 0.15) is 5.69 Å². The van der Waals surface area contributed by atoms with Gasteiger partial charge in [-0.2, -0.15) is 5.10 Å². The molecule has 9 heteroatoms. The summed E-state index contributed by atoms with van der Waals surface area (Å²) < 4.78 is 1.52. The molecule has 3 aliphatic rings. The summed E-state index contributed by atoms with van der Waals surface area (Å²) in [6.45, 7) is 2.71. The third-order valence-corrected chi connectivity index (χ3v) is 7.20. The van der Waals surface area contributed by atoms with Crippen LogP contribution in [0.5, 0.6) is 0 Å². The van der Waals surface area contributed by atoms with E-state index in [0.717, 1.165) is 12.1 Å². The van der Waals surface area contributed by atoms with Gasteiger partial charge >= 0.3 is 0 Å². The van der Waals surface area contributed by atoms with E-state index in [1.54, 1.807) is 29.2 Å². The van der Waals surface area contributed by atoms with Crippen molar-refractivity contribution in [3.05, 3.63) is 70.5 Å². The van der Waals surface area contributed by atoms with E-state index in [2.05, 4.69) is 10.4 Å². The first-order chi connectivity index (χ1) is 17.0. The molecule has 1 N–H and O–H groups in total. The van der Waals surface area contributed by atoms with Crippen molar-refractivity contribution in [1.29, 1.82) is 0 Å². The number of hydrogen-bond acceptors (Lipinski definition) is 4. The summed E-state index contributed by atoms with van der Waals surface area (Å²) in [5, 5.41) is 7.85. The van der Waals surface area contributed by atoms with Crippen molar-refractivity contribution < 1.29 is 14.4 Å². The molecule has 0 radical (unpaired) electrons. The third-order valence-electron chi connectivity index (χ3n) is 6.96. The van der Waals surface area contributed by atoms with Crippen molar-refractivity contribution in [2.45, 2.75) is 32.2 Å². The fraction of sp³-hybridized carbons (Fsp3) is 0.308. The highest BCUT2D eigenvalue weighted by atomic mass is 35.5. The van der Waals surface area contributed by atoms with E-state index in [9.17, 15) is 14.4 Å². The van der Waals surface area contributed by atoms with Gasteiger partial charge in [0, 0.05) is 47.5 Å². The maximum absolute atomic E-state index is 13.9. The molecule has 1 saturated carbocycles. The quantitative estimate of drug-likeness (QED) is 0.593. The third kappa shape index (κ3) is 3.60. The second kappa shape index (κ2) is 8.23. The number of anilines is 2. The molecular formula is C26H24ClN5O3. The number of carbonyl (C=O) groups excluding carboxylic acids is 3. The Morgan fingerprint density at radius 1 is 1.11 bits per heavy atom. The molecule has 2 aliphatic heterocycles. The summed E-state index contributed by atoms with van der Waals surface area (Å²) in [6, 6.07) is 14.9. The zero-order chi connectivity index (χ0) is 24.3. The average Bonchev–Trinajstić information content (AvgIpc) is 3.33. The molecule has 0 unspecified atom stereocenters. The predicted octanol–water partition coefficient (Wildman–Crippen LogP) is 3.60. The highest BCUT2D eigenvalue weighted by Gasteiger charge is 2.52. The molecule has 2 atom stereocenters. The lowest BCUT2D eigenvalue weighted by Crippen LogP contribution is -2.39. The fourth-order valence-corrected chi connectivity index (χ4v) is 5.43. The summed E-state index contributed by atoms with van der Waals surface area (Å²) >= 11 is 6.22. The lowest BCUT2D eigenvalue weighted by atomic mass is 10.0. The molecule has 35 heavy (non-hydrogen) atoms. The van der Waals surface area contributed by atoms with Crippen LogP contribution in [0.4, 0.5) is 11.4 Å². The normalized spacial score (nSPS) is 20.6. The Balaban J connectivity index is 1.41. The molecule has 1 saturated heterocycles. The molecule has 1 aromatic heterocycles. The van der Waals surface area contributed by atoms with Crippen LogP contribution in [0.15, 0.2) is 48.5 Å². The molecule has 3 heterocycles. The molecule has 8 nitrogen and oxygen atoms in total. The number of amides is 3. The van der Waals surface area contributed by atoms with E-state index < -0.39 is 0 Å². The number of hydrogen-bond donors (Lipinski definition) is 1. The van der Waals surface area contributed by atoms with Crippen LogP contribution >= 0.6 is 11.6 Å². The minimum Gasteiger partial charge on any atom is -0.351 e. The molecule has 178 valence electrons. The van der Waals surface area contributed by atoms with E-state index >= 15 is 0 Å². The number of carbonyl (C=O) groups is 3. The highest BCUT2D eigenvalue weighted by Crippen LogP contribution is 2.47.